The van der Waals surface area contributed by atoms with Gasteiger partial charge in [0.1, 0.15) is 18.3 Å². The number of piperidine rings is 1. The number of rotatable bonds is 7. The lowest BCUT2D eigenvalue weighted by atomic mass is 9.96. The molecule has 3 aliphatic heterocycles. The minimum atomic E-state index is 0.0126. The highest BCUT2D eigenvalue weighted by Crippen LogP contribution is 2.30. The van der Waals surface area contributed by atoms with Crippen molar-refractivity contribution < 1.29 is 13.9 Å². The van der Waals surface area contributed by atoms with Crippen LogP contribution in [0.3, 0.4) is 0 Å². The Labute approximate surface area is 187 Å². The van der Waals surface area contributed by atoms with Crippen molar-refractivity contribution in [2.45, 2.75) is 37.8 Å². The topological polar surface area (TPSA) is 63.9 Å². The van der Waals surface area contributed by atoms with Crippen LogP contribution in [0.5, 0.6) is 0 Å². The van der Waals surface area contributed by atoms with Crippen molar-refractivity contribution >= 4 is 5.69 Å². The summed E-state index contributed by atoms with van der Waals surface area (Å²) in [5.74, 6) is 0.925. The first-order valence-corrected chi connectivity index (χ1v) is 11.2. The molecule has 5 rings (SSSR count). The Morgan fingerprint density at radius 1 is 1.06 bits per heavy atom. The number of hydrogen-bond donors (Lipinski definition) is 1. The normalized spacial score (nSPS) is 18.1. The summed E-state index contributed by atoms with van der Waals surface area (Å²) in [4.78, 5) is 14.7. The van der Waals surface area contributed by atoms with Crippen molar-refractivity contribution in [3.05, 3.63) is 88.9 Å². The third-order valence-corrected chi connectivity index (χ3v) is 6.38. The summed E-state index contributed by atoms with van der Waals surface area (Å²) in [5, 5.41) is 3.60. The highest BCUT2D eigenvalue weighted by Gasteiger charge is 2.28. The van der Waals surface area contributed by atoms with E-state index in [1.165, 1.54) is 5.56 Å². The first-order chi connectivity index (χ1) is 15.7. The van der Waals surface area contributed by atoms with Crippen LogP contribution in [-0.4, -0.2) is 36.9 Å². The molecule has 1 unspecified atom stereocenters. The third-order valence-electron chi connectivity index (χ3n) is 6.38. The van der Waals surface area contributed by atoms with Crippen molar-refractivity contribution in [1.82, 2.24) is 4.90 Å². The lowest BCUT2D eigenvalue weighted by molar-refractivity contribution is 0.0693. The molecule has 32 heavy (non-hydrogen) atoms. The molecule has 1 aliphatic carbocycles. The van der Waals surface area contributed by atoms with Gasteiger partial charge in [-0.2, -0.15) is 0 Å². The van der Waals surface area contributed by atoms with Gasteiger partial charge in [0.05, 0.1) is 6.26 Å². The van der Waals surface area contributed by atoms with Crippen LogP contribution in [-0.2, 0) is 15.9 Å². The fraction of sp³-hybridized carbons (Fsp3) is 0.346. The van der Waals surface area contributed by atoms with Crippen LogP contribution in [0.25, 0.3) is 11.1 Å². The van der Waals surface area contributed by atoms with Crippen LogP contribution in [0.2, 0.25) is 0 Å². The van der Waals surface area contributed by atoms with E-state index >= 15 is 0 Å². The molecule has 0 saturated carbocycles. The minimum absolute atomic E-state index is 0.0126. The fourth-order valence-electron chi connectivity index (χ4n) is 4.71. The quantitative estimate of drug-likeness (QED) is 0.594. The molecule has 0 aromatic heterocycles. The molecule has 1 fully saturated rings. The maximum Gasteiger partial charge on any atom is 0.229 e. The predicted octanol–water partition coefficient (Wildman–Crippen LogP) is 4.47. The fourth-order valence-corrected chi connectivity index (χ4v) is 4.71. The zero-order valence-corrected chi connectivity index (χ0v) is 18.0. The molecule has 6 nitrogen and oxygen atoms in total. The zero-order chi connectivity index (χ0) is 21.8. The van der Waals surface area contributed by atoms with Crippen LogP contribution >= 0.6 is 0 Å². The zero-order valence-electron chi connectivity index (χ0n) is 18.0. The van der Waals surface area contributed by atoms with Gasteiger partial charge >= 0.3 is 0 Å². The van der Waals surface area contributed by atoms with Gasteiger partial charge in [0, 0.05) is 48.9 Å². The van der Waals surface area contributed by atoms with Gasteiger partial charge in [0.15, 0.2) is 5.43 Å². The van der Waals surface area contributed by atoms with Gasteiger partial charge in [-0.25, -0.2) is 0 Å². The molecule has 0 amide bonds. The Morgan fingerprint density at radius 3 is 2.69 bits per heavy atom. The molecule has 166 valence electrons. The van der Waals surface area contributed by atoms with E-state index in [-0.39, 0.29) is 5.43 Å². The largest absolute Gasteiger partial charge is 0.472 e. The molecule has 0 radical (unpaired) electrons. The summed E-state index contributed by atoms with van der Waals surface area (Å²) in [5.41, 5.74) is 4.05. The molecule has 1 atom stereocenters. The van der Waals surface area contributed by atoms with E-state index in [2.05, 4.69) is 40.5 Å². The van der Waals surface area contributed by atoms with Crippen LogP contribution in [0, 0.1) is 0 Å². The van der Waals surface area contributed by atoms with Crippen molar-refractivity contribution in [2.24, 2.45) is 0 Å². The molecular formula is C26H28N2O4. The summed E-state index contributed by atoms with van der Waals surface area (Å²) in [6.07, 6.45) is 8.90. The molecule has 0 spiro atoms. The van der Waals surface area contributed by atoms with E-state index in [1.807, 2.05) is 6.07 Å². The molecule has 4 aliphatic rings. The number of anilines is 1. The van der Waals surface area contributed by atoms with E-state index in [0.717, 1.165) is 61.3 Å². The highest BCUT2D eigenvalue weighted by atomic mass is 16.7. The Bertz CT molecular complexity index is 1090. The molecule has 6 heteroatoms. The van der Waals surface area contributed by atoms with Crippen LogP contribution in [0.15, 0.2) is 82.3 Å². The second-order valence-electron chi connectivity index (χ2n) is 8.55. The van der Waals surface area contributed by atoms with Gasteiger partial charge in [0.2, 0.25) is 6.79 Å². The number of nitrogens with one attached hydrogen (secondary N) is 1. The van der Waals surface area contributed by atoms with Gasteiger partial charge in [-0.1, -0.05) is 30.3 Å². The number of nitrogens with zero attached hydrogens (tertiary/aromatic N) is 1. The maximum absolute atomic E-state index is 12.1. The molecule has 1 aromatic carbocycles. The smallest absolute Gasteiger partial charge is 0.229 e. The molecular weight excluding hydrogens is 404 g/mol. The van der Waals surface area contributed by atoms with Gasteiger partial charge in [-0.3, -0.25) is 9.69 Å². The van der Waals surface area contributed by atoms with Gasteiger partial charge < -0.3 is 19.2 Å². The Kier molecular flexibility index (Phi) is 6.12. The monoisotopic (exact) mass is 432 g/mol. The van der Waals surface area contributed by atoms with Crippen molar-refractivity contribution in [3.63, 3.8) is 0 Å². The summed E-state index contributed by atoms with van der Waals surface area (Å²) < 4.78 is 16.3. The molecule has 0 bridgehead atoms. The van der Waals surface area contributed by atoms with Gasteiger partial charge in [-0.05, 0) is 42.5 Å². The van der Waals surface area contributed by atoms with E-state index in [0.29, 0.717) is 18.9 Å². The number of hydrogen-bond acceptors (Lipinski definition) is 6. The molecule has 1 aromatic rings. The SMILES string of the molecule is O=c1cc2ccocc-2c(NC2CCN(C(CC3=COCO3)Cc3ccccc3)CC2)c1. The maximum atomic E-state index is 12.1. The summed E-state index contributed by atoms with van der Waals surface area (Å²) >= 11 is 0. The highest BCUT2D eigenvalue weighted by molar-refractivity contribution is 5.78. The summed E-state index contributed by atoms with van der Waals surface area (Å²) in [7, 11) is 0. The Hall–Kier alpha value is -3.25. The average Bonchev–Trinajstić information content (AvgIpc) is 3.33. The predicted molar refractivity (Wildman–Crippen MR) is 123 cm³/mol. The van der Waals surface area contributed by atoms with Crippen molar-refractivity contribution in [3.8, 4) is 11.1 Å². The molecule has 3 heterocycles. The van der Waals surface area contributed by atoms with E-state index in [9.17, 15) is 4.79 Å². The number of benzene rings is 2. The second-order valence-corrected chi connectivity index (χ2v) is 8.55. The standard InChI is InChI=1S/C26H28N2O4/c29-23-13-20-8-11-30-17-25(20)26(15-23)27-21-6-9-28(10-7-21)22(14-24-16-31-18-32-24)12-19-4-2-1-3-5-19/h1-5,8,11,13,15-17,21-22,27H,6-7,9-10,12,14,18H2. The lowest BCUT2D eigenvalue weighted by Gasteiger charge is -2.38. The third kappa shape index (κ3) is 4.81. The van der Waals surface area contributed by atoms with Crippen molar-refractivity contribution in [2.75, 3.05) is 25.2 Å². The molecule has 1 N–H and O–H groups in total. The first kappa shape index (κ1) is 20.6. The Morgan fingerprint density at radius 2 is 1.91 bits per heavy atom. The average molecular weight is 433 g/mol. The summed E-state index contributed by atoms with van der Waals surface area (Å²) in [6, 6.07) is 16.5. The lowest BCUT2D eigenvalue weighted by Crippen LogP contribution is -2.45. The molecule has 1 saturated heterocycles. The summed E-state index contributed by atoms with van der Waals surface area (Å²) in [6.45, 7) is 2.30. The van der Waals surface area contributed by atoms with Crippen LogP contribution in [0.4, 0.5) is 5.69 Å². The number of fused-ring (bicyclic) bond motifs is 1. The van der Waals surface area contributed by atoms with Crippen molar-refractivity contribution in [1.29, 1.82) is 0 Å². The second kappa shape index (κ2) is 9.49. The van der Waals surface area contributed by atoms with Gasteiger partial charge in [-0.15, -0.1) is 0 Å². The first-order valence-electron chi connectivity index (χ1n) is 11.2. The minimum Gasteiger partial charge on any atom is -0.472 e. The number of likely N-dealkylation sites (tertiary alicyclic amines) is 1. The van der Waals surface area contributed by atoms with Crippen LogP contribution < -0.4 is 10.7 Å². The van der Waals surface area contributed by atoms with E-state index in [1.54, 1.807) is 30.9 Å². The Balaban J connectivity index is 1.25. The van der Waals surface area contributed by atoms with Gasteiger partial charge in [0.25, 0.3) is 0 Å². The van der Waals surface area contributed by atoms with E-state index < -0.39 is 0 Å². The van der Waals surface area contributed by atoms with E-state index in [4.69, 9.17) is 13.9 Å². The number of ether oxygens (including phenoxy) is 2. The van der Waals surface area contributed by atoms with Crippen LogP contribution in [0.1, 0.15) is 24.8 Å².